The van der Waals surface area contributed by atoms with Crippen molar-refractivity contribution in [3.63, 3.8) is 0 Å². The molecule has 112 valence electrons. The summed E-state index contributed by atoms with van der Waals surface area (Å²) in [5.74, 6) is -1.10. The number of nitrogens with one attached hydrogen (secondary N) is 1. The summed E-state index contributed by atoms with van der Waals surface area (Å²) in [6, 6.07) is 5.90. The lowest BCUT2D eigenvalue weighted by Crippen LogP contribution is -2.11. The molecule has 0 unspecified atom stereocenters. The van der Waals surface area contributed by atoms with Gasteiger partial charge in [-0.2, -0.15) is 0 Å². The average Bonchev–Trinajstić information content (AvgIpc) is 3.07. The number of hydrogen-bond donors (Lipinski definition) is 1. The maximum absolute atomic E-state index is 12.9. The molecule has 0 amide bonds. The molecule has 7 heteroatoms. The Labute approximate surface area is 135 Å². The standard InChI is InChI=1S/C15H12FN3OS2/c1-2-11-18-19-15(22-11)12-13(20)10(21-14(12)17)7-8-3-5-9(16)6-4-8/h3-7,12,17H,2H2,1H3/b10-7-,17-14?/t12-/m0/s1. The molecule has 0 aliphatic carbocycles. The summed E-state index contributed by atoms with van der Waals surface area (Å²) in [5.41, 5.74) is 0.734. The number of aromatic nitrogens is 2. The fourth-order valence-electron chi connectivity index (χ4n) is 2.05. The summed E-state index contributed by atoms with van der Waals surface area (Å²) in [7, 11) is 0. The molecule has 0 spiro atoms. The van der Waals surface area contributed by atoms with Crippen LogP contribution in [0.15, 0.2) is 29.2 Å². The van der Waals surface area contributed by atoms with Crippen LogP contribution >= 0.6 is 23.1 Å². The molecule has 2 aromatic rings. The minimum absolute atomic E-state index is 0.141. The maximum atomic E-state index is 12.9. The predicted molar refractivity (Wildman–Crippen MR) is 86.7 cm³/mol. The molecule has 0 saturated carbocycles. The van der Waals surface area contributed by atoms with Crippen LogP contribution in [-0.2, 0) is 11.2 Å². The van der Waals surface area contributed by atoms with Crippen molar-refractivity contribution in [1.82, 2.24) is 10.2 Å². The number of benzene rings is 1. The first-order chi connectivity index (χ1) is 10.6. The van der Waals surface area contributed by atoms with Crippen LogP contribution in [0, 0.1) is 11.2 Å². The van der Waals surface area contributed by atoms with Gasteiger partial charge in [-0.3, -0.25) is 10.2 Å². The second-order valence-electron chi connectivity index (χ2n) is 4.71. The zero-order chi connectivity index (χ0) is 15.7. The number of rotatable bonds is 3. The Balaban J connectivity index is 1.89. The Morgan fingerprint density at radius 1 is 1.32 bits per heavy atom. The van der Waals surface area contributed by atoms with E-state index in [9.17, 15) is 9.18 Å². The van der Waals surface area contributed by atoms with Gasteiger partial charge in [0.1, 0.15) is 21.8 Å². The molecule has 0 bridgehead atoms. The molecule has 3 rings (SSSR count). The van der Waals surface area contributed by atoms with Gasteiger partial charge >= 0.3 is 0 Å². The molecule has 4 nitrogen and oxygen atoms in total. The number of allylic oxidation sites excluding steroid dienone is 1. The van der Waals surface area contributed by atoms with Crippen molar-refractivity contribution in [2.45, 2.75) is 19.3 Å². The highest BCUT2D eigenvalue weighted by atomic mass is 32.2. The van der Waals surface area contributed by atoms with E-state index in [0.29, 0.717) is 9.91 Å². The van der Waals surface area contributed by atoms with E-state index < -0.39 is 5.92 Å². The number of Topliss-reactive ketones (excluding diaryl/α,β-unsaturated/α-hetero) is 1. The van der Waals surface area contributed by atoms with Gasteiger partial charge in [-0.25, -0.2) is 4.39 Å². The van der Waals surface area contributed by atoms with Gasteiger partial charge in [-0.15, -0.1) is 21.5 Å². The number of hydrogen-bond acceptors (Lipinski definition) is 6. The van der Waals surface area contributed by atoms with Crippen LogP contribution in [0.4, 0.5) is 4.39 Å². The van der Waals surface area contributed by atoms with Crippen LogP contribution in [0.2, 0.25) is 0 Å². The summed E-state index contributed by atoms with van der Waals surface area (Å²) in [6.07, 6.45) is 2.44. The summed E-state index contributed by atoms with van der Waals surface area (Å²) in [6.45, 7) is 1.97. The Morgan fingerprint density at radius 3 is 2.68 bits per heavy atom. The first-order valence-corrected chi connectivity index (χ1v) is 8.32. The Hall–Kier alpha value is -1.86. The second kappa shape index (κ2) is 6.10. The maximum Gasteiger partial charge on any atom is 0.186 e. The van der Waals surface area contributed by atoms with Crippen LogP contribution < -0.4 is 0 Å². The molecule has 1 atom stereocenters. The number of halogens is 1. The monoisotopic (exact) mass is 333 g/mol. The van der Waals surface area contributed by atoms with Crippen LogP contribution in [0.25, 0.3) is 6.08 Å². The topological polar surface area (TPSA) is 66.7 Å². The van der Waals surface area contributed by atoms with E-state index >= 15 is 0 Å². The molecule has 2 heterocycles. The van der Waals surface area contributed by atoms with E-state index in [1.165, 1.54) is 23.5 Å². The largest absolute Gasteiger partial charge is 0.297 e. The molecule has 1 aliphatic heterocycles. The first-order valence-electron chi connectivity index (χ1n) is 6.68. The van der Waals surface area contributed by atoms with Crippen LogP contribution in [0.5, 0.6) is 0 Å². The summed E-state index contributed by atoms with van der Waals surface area (Å²) >= 11 is 2.51. The Bertz CT molecular complexity index is 767. The third-order valence-electron chi connectivity index (χ3n) is 3.19. The van der Waals surface area contributed by atoms with Gasteiger partial charge in [0.15, 0.2) is 5.78 Å². The van der Waals surface area contributed by atoms with Gasteiger partial charge in [0.2, 0.25) is 0 Å². The lowest BCUT2D eigenvalue weighted by molar-refractivity contribution is -0.114. The van der Waals surface area contributed by atoms with Gasteiger partial charge in [0, 0.05) is 0 Å². The predicted octanol–water partition coefficient (Wildman–Crippen LogP) is 3.66. The quantitative estimate of drug-likeness (QED) is 0.871. The number of carbonyl (C=O) groups is 1. The molecule has 1 aliphatic rings. The summed E-state index contributed by atoms with van der Waals surface area (Å²) < 4.78 is 12.9. The minimum Gasteiger partial charge on any atom is -0.297 e. The highest BCUT2D eigenvalue weighted by molar-refractivity contribution is 8.19. The summed E-state index contributed by atoms with van der Waals surface area (Å²) in [5, 5.41) is 17.8. The van der Waals surface area contributed by atoms with Gasteiger partial charge in [-0.1, -0.05) is 30.8 Å². The molecule has 1 N–H and O–H groups in total. The fourth-order valence-corrected chi connectivity index (χ4v) is 4.00. The fraction of sp³-hybridized carbons (Fsp3) is 0.200. The molecule has 1 saturated heterocycles. The SMILES string of the molecule is CCc1nnc([C@@H]2C(=N)S/C(=C\c3ccc(F)cc3)C2=O)s1. The van der Waals surface area contributed by atoms with Crippen LogP contribution in [0.3, 0.4) is 0 Å². The number of nitrogens with zero attached hydrogens (tertiary/aromatic N) is 2. The molecular weight excluding hydrogens is 321 g/mol. The van der Waals surface area contributed by atoms with Gasteiger partial charge in [0.25, 0.3) is 0 Å². The lowest BCUT2D eigenvalue weighted by atomic mass is 10.1. The minimum atomic E-state index is -0.644. The van der Waals surface area contributed by atoms with Gasteiger partial charge in [-0.05, 0) is 30.2 Å². The molecule has 22 heavy (non-hydrogen) atoms. The zero-order valence-electron chi connectivity index (χ0n) is 11.7. The third-order valence-corrected chi connectivity index (χ3v) is 5.31. The van der Waals surface area contributed by atoms with Crippen LogP contribution in [-0.4, -0.2) is 21.0 Å². The van der Waals surface area contributed by atoms with Crippen LogP contribution in [0.1, 0.15) is 28.4 Å². The van der Waals surface area contributed by atoms with Crippen molar-refractivity contribution in [3.05, 3.63) is 50.6 Å². The van der Waals surface area contributed by atoms with Crippen molar-refractivity contribution < 1.29 is 9.18 Å². The summed E-state index contributed by atoms with van der Waals surface area (Å²) in [4.78, 5) is 13.0. The van der Waals surface area contributed by atoms with E-state index in [0.717, 1.165) is 28.8 Å². The normalized spacial score (nSPS) is 20.1. The molecule has 1 aromatic carbocycles. The van der Waals surface area contributed by atoms with Gasteiger partial charge < -0.3 is 0 Å². The number of thioether (sulfide) groups is 1. The highest BCUT2D eigenvalue weighted by Gasteiger charge is 2.39. The second-order valence-corrected chi connectivity index (χ2v) is 6.89. The number of carbonyl (C=O) groups excluding carboxylic acids is 1. The van der Waals surface area contributed by atoms with E-state index in [-0.39, 0.29) is 16.6 Å². The van der Waals surface area contributed by atoms with E-state index in [1.54, 1.807) is 18.2 Å². The van der Waals surface area contributed by atoms with Crippen molar-refractivity contribution in [1.29, 1.82) is 5.41 Å². The van der Waals surface area contributed by atoms with Crippen molar-refractivity contribution in [3.8, 4) is 0 Å². The number of aryl methyl sites for hydroxylation is 1. The Kier molecular flexibility index (Phi) is 4.17. The molecule has 0 radical (unpaired) electrons. The molecular formula is C15H12FN3OS2. The van der Waals surface area contributed by atoms with E-state index in [2.05, 4.69) is 10.2 Å². The van der Waals surface area contributed by atoms with Crippen molar-refractivity contribution >= 4 is 40.0 Å². The third kappa shape index (κ3) is 2.86. The zero-order valence-corrected chi connectivity index (χ0v) is 13.3. The molecule has 1 fully saturated rings. The Morgan fingerprint density at radius 2 is 2.05 bits per heavy atom. The highest BCUT2D eigenvalue weighted by Crippen LogP contribution is 2.41. The van der Waals surface area contributed by atoms with Crippen molar-refractivity contribution in [2.75, 3.05) is 0 Å². The van der Waals surface area contributed by atoms with E-state index in [4.69, 9.17) is 5.41 Å². The van der Waals surface area contributed by atoms with E-state index in [1.807, 2.05) is 6.92 Å². The molecule has 1 aromatic heterocycles. The lowest BCUT2D eigenvalue weighted by Gasteiger charge is -2.00. The first kappa shape index (κ1) is 15.1. The average molecular weight is 333 g/mol. The number of ketones is 1. The van der Waals surface area contributed by atoms with Gasteiger partial charge in [0.05, 0.1) is 9.95 Å². The smallest absolute Gasteiger partial charge is 0.186 e. The van der Waals surface area contributed by atoms with Crippen molar-refractivity contribution in [2.24, 2.45) is 0 Å².